The normalized spacial score (nSPS) is 18.0. The molecule has 1 unspecified atom stereocenters. The number of carbonyl (C=O) groups is 1. The van der Waals surface area contributed by atoms with Crippen LogP contribution in [-0.2, 0) is 0 Å². The number of rotatable bonds is 4. The monoisotopic (exact) mass is 227 g/mol. The Kier molecular flexibility index (Phi) is 3.43. The topological polar surface area (TPSA) is 20.3 Å². The van der Waals surface area contributed by atoms with Crippen molar-refractivity contribution in [1.82, 2.24) is 4.90 Å². The second kappa shape index (κ2) is 5.00. The van der Waals surface area contributed by atoms with Crippen molar-refractivity contribution < 1.29 is 4.79 Å². The highest BCUT2D eigenvalue weighted by Gasteiger charge is 2.15. The summed E-state index contributed by atoms with van der Waals surface area (Å²) in [6, 6.07) is 9.48. The third-order valence-corrected chi connectivity index (χ3v) is 2.93. The average Bonchev–Trinajstić information content (AvgIpc) is 2.79. The molecule has 0 bridgehead atoms. The van der Waals surface area contributed by atoms with Crippen LogP contribution in [0, 0.1) is 5.92 Å². The van der Waals surface area contributed by atoms with E-state index in [4.69, 9.17) is 0 Å². The minimum Gasteiger partial charge on any atom is -0.378 e. The molecule has 0 fully saturated rings. The lowest BCUT2D eigenvalue weighted by Crippen LogP contribution is -2.08. The molecule has 0 spiro atoms. The lowest BCUT2D eigenvalue weighted by molar-refractivity contribution is 0.0975. The number of ketones is 1. The van der Waals surface area contributed by atoms with Gasteiger partial charge >= 0.3 is 0 Å². The van der Waals surface area contributed by atoms with E-state index in [1.165, 1.54) is 5.70 Å². The Morgan fingerprint density at radius 2 is 1.94 bits per heavy atom. The maximum atomic E-state index is 12.0. The Balaban J connectivity index is 2.00. The molecule has 1 aromatic rings. The smallest absolute Gasteiger partial charge is 0.163 e. The Morgan fingerprint density at radius 3 is 2.53 bits per heavy atom. The first kappa shape index (κ1) is 11.6. The summed E-state index contributed by atoms with van der Waals surface area (Å²) in [7, 11) is 4.02. The van der Waals surface area contributed by atoms with Crippen molar-refractivity contribution in [2.75, 3.05) is 14.1 Å². The summed E-state index contributed by atoms with van der Waals surface area (Å²) in [6.07, 6.45) is 6.86. The van der Waals surface area contributed by atoms with Crippen LogP contribution < -0.4 is 0 Å². The second-order valence-electron chi connectivity index (χ2n) is 4.50. The number of Topliss-reactive ketones (excluding diaryl/α,β-unsaturated/α-hetero) is 1. The van der Waals surface area contributed by atoms with Crippen LogP contribution in [0.3, 0.4) is 0 Å². The standard InChI is InChI=1S/C15H17NO/c1-16(2)14-9-8-12(10-14)11-15(17)13-6-4-3-5-7-13/h3-10,12H,11H2,1-2H3. The fraction of sp³-hybridized carbons (Fsp3) is 0.267. The van der Waals surface area contributed by atoms with Crippen LogP contribution in [0.4, 0.5) is 0 Å². The molecular formula is C15H17NO. The summed E-state index contributed by atoms with van der Waals surface area (Å²) in [5.74, 6) is 0.441. The molecule has 2 rings (SSSR count). The van der Waals surface area contributed by atoms with Crippen LogP contribution in [0.25, 0.3) is 0 Å². The number of hydrogen-bond acceptors (Lipinski definition) is 2. The van der Waals surface area contributed by atoms with Gasteiger partial charge in [0.1, 0.15) is 0 Å². The molecule has 2 nitrogen and oxygen atoms in total. The molecule has 88 valence electrons. The largest absolute Gasteiger partial charge is 0.378 e. The molecule has 0 radical (unpaired) electrons. The van der Waals surface area contributed by atoms with Crippen molar-refractivity contribution in [1.29, 1.82) is 0 Å². The fourth-order valence-corrected chi connectivity index (χ4v) is 1.93. The van der Waals surface area contributed by atoms with Gasteiger partial charge in [-0.2, -0.15) is 0 Å². The molecule has 1 aliphatic carbocycles. The number of carbonyl (C=O) groups excluding carboxylic acids is 1. The van der Waals surface area contributed by atoms with E-state index in [-0.39, 0.29) is 11.7 Å². The van der Waals surface area contributed by atoms with Gasteiger partial charge < -0.3 is 4.90 Å². The van der Waals surface area contributed by atoms with Gasteiger partial charge in [-0.05, 0) is 6.08 Å². The summed E-state index contributed by atoms with van der Waals surface area (Å²) < 4.78 is 0. The van der Waals surface area contributed by atoms with Gasteiger partial charge in [0.15, 0.2) is 5.78 Å². The van der Waals surface area contributed by atoms with Crippen molar-refractivity contribution in [3.63, 3.8) is 0 Å². The molecule has 1 aromatic carbocycles. The van der Waals surface area contributed by atoms with Crippen molar-refractivity contribution in [2.45, 2.75) is 6.42 Å². The number of nitrogens with zero attached hydrogens (tertiary/aromatic N) is 1. The second-order valence-corrected chi connectivity index (χ2v) is 4.50. The lowest BCUT2D eigenvalue weighted by atomic mass is 9.99. The van der Waals surface area contributed by atoms with Crippen LogP contribution in [-0.4, -0.2) is 24.8 Å². The van der Waals surface area contributed by atoms with Crippen LogP contribution in [0.15, 0.2) is 54.3 Å². The predicted octanol–water partition coefficient (Wildman–Crippen LogP) is 2.89. The fourth-order valence-electron chi connectivity index (χ4n) is 1.93. The molecule has 0 aliphatic heterocycles. The van der Waals surface area contributed by atoms with Crippen LogP contribution in [0.1, 0.15) is 16.8 Å². The van der Waals surface area contributed by atoms with E-state index in [0.29, 0.717) is 6.42 Å². The lowest BCUT2D eigenvalue weighted by Gasteiger charge is -2.11. The number of allylic oxidation sites excluding steroid dienone is 3. The van der Waals surface area contributed by atoms with E-state index in [0.717, 1.165) is 5.56 Å². The Hall–Kier alpha value is -1.83. The van der Waals surface area contributed by atoms with E-state index in [2.05, 4.69) is 23.1 Å². The number of hydrogen-bond donors (Lipinski definition) is 0. The zero-order valence-corrected chi connectivity index (χ0v) is 10.3. The summed E-state index contributed by atoms with van der Waals surface area (Å²) in [5, 5.41) is 0. The molecule has 0 N–H and O–H groups in total. The van der Waals surface area contributed by atoms with E-state index >= 15 is 0 Å². The van der Waals surface area contributed by atoms with Crippen molar-refractivity contribution in [3.8, 4) is 0 Å². The van der Waals surface area contributed by atoms with Gasteiger partial charge in [-0.25, -0.2) is 0 Å². The molecule has 0 aromatic heterocycles. The first-order valence-corrected chi connectivity index (χ1v) is 5.82. The van der Waals surface area contributed by atoms with Gasteiger partial charge in [-0.15, -0.1) is 0 Å². The van der Waals surface area contributed by atoms with Gasteiger partial charge in [0.25, 0.3) is 0 Å². The summed E-state index contributed by atoms with van der Waals surface area (Å²) in [5.41, 5.74) is 1.98. The minimum atomic E-state index is 0.205. The molecule has 0 saturated carbocycles. The zero-order valence-electron chi connectivity index (χ0n) is 10.3. The van der Waals surface area contributed by atoms with Crippen molar-refractivity contribution >= 4 is 5.78 Å². The maximum absolute atomic E-state index is 12.0. The molecule has 2 heteroatoms. The predicted molar refractivity (Wildman–Crippen MR) is 69.8 cm³/mol. The quantitative estimate of drug-likeness (QED) is 0.737. The highest BCUT2D eigenvalue weighted by Crippen LogP contribution is 2.22. The minimum absolute atomic E-state index is 0.205. The Morgan fingerprint density at radius 1 is 1.24 bits per heavy atom. The van der Waals surface area contributed by atoms with Gasteiger partial charge in [-0.3, -0.25) is 4.79 Å². The van der Waals surface area contributed by atoms with Gasteiger partial charge in [0.05, 0.1) is 0 Å². The van der Waals surface area contributed by atoms with Crippen LogP contribution >= 0.6 is 0 Å². The van der Waals surface area contributed by atoms with Gasteiger partial charge in [0.2, 0.25) is 0 Å². The van der Waals surface area contributed by atoms with Gasteiger partial charge in [-0.1, -0.05) is 42.5 Å². The third kappa shape index (κ3) is 2.84. The summed E-state index contributed by atoms with van der Waals surface area (Å²) >= 11 is 0. The Labute approximate surface area is 102 Å². The highest BCUT2D eigenvalue weighted by atomic mass is 16.1. The molecular weight excluding hydrogens is 210 g/mol. The summed E-state index contributed by atoms with van der Waals surface area (Å²) in [6.45, 7) is 0. The van der Waals surface area contributed by atoms with E-state index in [1.807, 2.05) is 44.4 Å². The first-order valence-electron chi connectivity index (χ1n) is 5.82. The molecule has 0 saturated heterocycles. The number of benzene rings is 1. The third-order valence-electron chi connectivity index (χ3n) is 2.93. The van der Waals surface area contributed by atoms with Gasteiger partial charge in [0, 0.05) is 37.7 Å². The van der Waals surface area contributed by atoms with Crippen LogP contribution in [0.5, 0.6) is 0 Å². The summed E-state index contributed by atoms with van der Waals surface area (Å²) in [4.78, 5) is 14.1. The molecule has 1 atom stereocenters. The number of likely N-dealkylation sites (N-methyl/N-ethyl adjacent to an activating group) is 1. The highest BCUT2D eigenvalue weighted by molar-refractivity contribution is 5.96. The first-order chi connectivity index (χ1) is 8.16. The SMILES string of the molecule is CN(C)C1=CC(CC(=O)c2ccccc2)C=C1. The van der Waals surface area contributed by atoms with Crippen molar-refractivity contribution in [2.24, 2.45) is 5.92 Å². The molecule has 17 heavy (non-hydrogen) atoms. The molecule has 0 heterocycles. The Bertz CT molecular complexity index is 457. The van der Waals surface area contributed by atoms with E-state index in [1.54, 1.807) is 0 Å². The average molecular weight is 227 g/mol. The van der Waals surface area contributed by atoms with E-state index < -0.39 is 0 Å². The maximum Gasteiger partial charge on any atom is 0.163 e. The molecule has 1 aliphatic rings. The molecule has 0 amide bonds. The van der Waals surface area contributed by atoms with Crippen molar-refractivity contribution in [3.05, 3.63) is 59.8 Å². The zero-order chi connectivity index (χ0) is 12.3. The van der Waals surface area contributed by atoms with Crippen LogP contribution in [0.2, 0.25) is 0 Å². The van der Waals surface area contributed by atoms with E-state index in [9.17, 15) is 4.79 Å².